The van der Waals surface area contributed by atoms with Gasteiger partial charge in [0.05, 0.1) is 6.04 Å². The summed E-state index contributed by atoms with van der Waals surface area (Å²) in [5.41, 5.74) is -0.0520. The lowest BCUT2D eigenvalue weighted by atomic mass is 10.1. The van der Waals surface area contributed by atoms with E-state index in [2.05, 4.69) is 10.1 Å². The Kier molecular flexibility index (Phi) is 2.12. The van der Waals surface area contributed by atoms with Crippen molar-refractivity contribution in [3.63, 3.8) is 0 Å². The molecule has 0 radical (unpaired) electrons. The van der Waals surface area contributed by atoms with Gasteiger partial charge < -0.3 is 4.74 Å². The number of rotatable bonds is 2. The smallest absolute Gasteiger partial charge is 0.343 e. The monoisotopic (exact) mass is 209 g/mol. The Balaban J connectivity index is 1.86. The van der Waals surface area contributed by atoms with Crippen molar-refractivity contribution in [3.05, 3.63) is 16.3 Å². The van der Waals surface area contributed by atoms with Crippen molar-refractivity contribution in [2.45, 2.75) is 37.6 Å². The molecular weight excluding hydrogens is 194 g/mol. The second-order valence-electron chi connectivity index (χ2n) is 4.38. The SMILES string of the molecule is O=c1[nH]c(C2CC2)nn1C1CCOCC1. The molecule has 1 aromatic heterocycles. The fraction of sp³-hybridized carbons (Fsp3) is 0.800. The molecule has 0 amide bonds. The lowest BCUT2D eigenvalue weighted by Gasteiger charge is -2.20. The zero-order valence-electron chi connectivity index (χ0n) is 8.61. The summed E-state index contributed by atoms with van der Waals surface area (Å²) >= 11 is 0. The van der Waals surface area contributed by atoms with Crippen molar-refractivity contribution in [1.29, 1.82) is 0 Å². The minimum Gasteiger partial charge on any atom is -0.381 e. The molecule has 0 bridgehead atoms. The van der Waals surface area contributed by atoms with Gasteiger partial charge in [0.25, 0.3) is 0 Å². The van der Waals surface area contributed by atoms with E-state index in [1.807, 2.05) is 0 Å². The van der Waals surface area contributed by atoms with Crippen LogP contribution >= 0.6 is 0 Å². The first-order valence-electron chi connectivity index (χ1n) is 5.61. The number of ether oxygens (including phenoxy) is 1. The summed E-state index contributed by atoms with van der Waals surface area (Å²) in [6.45, 7) is 1.48. The van der Waals surface area contributed by atoms with E-state index in [0.29, 0.717) is 5.92 Å². The van der Waals surface area contributed by atoms with Gasteiger partial charge >= 0.3 is 5.69 Å². The van der Waals surface area contributed by atoms with Crippen LogP contribution in [0, 0.1) is 0 Å². The quantitative estimate of drug-likeness (QED) is 0.783. The maximum Gasteiger partial charge on any atom is 0.343 e. The van der Waals surface area contributed by atoms with Crippen LogP contribution in [0.4, 0.5) is 0 Å². The summed E-state index contributed by atoms with van der Waals surface area (Å²) in [6, 6.07) is 0.231. The molecule has 0 aromatic carbocycles. The molecule has 0 atom stereocenters. The summed E-state index contributed by atoms with van der Waals surface area (Å²) < 4.78 is 6.90. The number of hydrogen-bond donors (Lipinski definition) is 1. The molecule has 2 heterocycles. The maximum absolute atomic E-state index is 11.7. The lowest BCUT2D eigenvalue weighted by molar-refractivity contribution is 0.0651. The molecule has 1 saturated heterocycles. The van der Waals surface area contributed by atoms with Gasteiger partial charge in [0.1, 0.15) is 5.82 Å². The van der Waals surface area contributed by atoms with E-state index in [-0.39, 0.29) is 11.7 Å². The van der Waals surface area contributed by atoms with Gasteiger partial charge in [-0.25, -0.2) is 9.48 Å². The van der Waals surface area contributed by atoms with Crippen molar-refractivity contribution in [3.8, 4) is 0 Å². The first-order valence-corrected chi connectivity index (χ1v) is 5.61. The third-order valence-corrected chi connectivity index (χ3v) is 3.16. The molecule has 5 heteroatoms. The van der Waals surface area contributed by atoms with Gasteiger partial charge in [0.15, 0.2) is 0 Å². The molecule has 2 fully saturated rings. The van der Waals surface area contributed by atoms with Crippen molar-refractivity contribution in [2.24, 2.45) is 0 Å². The summed E-state index contributed by atoms with van der Waals surface area (Å²) in [6.07, 6.45) is 4.13. The number of aromatic nitrogens is 3. The van der Waals surface area contributed by atoms with Gasteiger partial charge in [0, 0.05) is 19.1 Å². The second kappa shape index (κ2) is 3.48. The van der Waals surface area contributed by atoms with Crippen molar-refractivity contribution in [1.82, 2.24) is 14.8 Å². The Morgan fingerprint density at radius 2 is 2.00 bits per heavy atom. The first-order chi connectivity index (χ1) is 7.34. The van der Waals surface area contributed by atoms with Gasteiger partial charge in [-0.2, -0.15) is 5.10 Å². The zero-order chi connectivity index (χ0) is 10.3. The fourth-order valence-electron chi connectivity index (χ4n) is 2.07. The molecule has 5 nitrogen and oxygen atoms in total. The van der Waals surface area contributed by atoms with Crippen molar-refractivity contribution >= 4 is 0 Å². The van der Waals surface area contributed by atoms with Crippen LogP contribution in [0.5, 0.6) is 0 Å². The van der Waals surface area contributed by atoms with Gasteiger partial charge in [-0.15, -0.1) is 0 Å². The van der Waals surface area contributed by atoms with Crippen molar-refractivity contribution < 1.29 is 4.74 Å². The summed E-state index contributed by atoms with van der Waals surface area (Å²) in [7, 11) is 0. The Hall–Kier alpha value is -1.10. The molecule has 3 rings (SSSR count). The summed E-state index contributed by atoms with van der Waals surface area (Å²) in [5, 5.41) is 4.39. The minimum atomic E-state index is -0.0520. The van der Waals surface area contributed by atoms with Crippen LogP contribution in [0.15, 0.2) is 4.79 Å². The van der Waals surface area contributed by atoms with Crippen LogP contribution in [-0.4, -0.2) is 28.0 Å². The van der Waals surface area contributed by atoms with Crippen LogP contribution in [0.2, 0.25) is 0 Å². The van der Waals surface area contributed by atoms with Crippen molar-refractivity contribution in [2.75, 3.05) is 13.2 Å². The molecular formula is C10H15N3O2. The van der Waals surface area contributed by atoms with Gasteiger partial charge in [-0.05, 0) is 25.7 Å². The molecule has 82 valence electrons. The number of aromatic amines is 1. The minimum absolute atomic E-state index is 0.0520. The Bertz CT molecular complexity index is 399. The molecule has 2 aliphatic rings. The Morgan fingerprint density at radius 1 is 1.27 bits per heavy atom. The van der Waals surface area contributed by atoms with Crippen LogP contribution in [0.3, 0.4) is 0 Å². The standard InChI is InChI=1S/C10H15N3O2/c14-10-11-9(7-1-2-7)12-13(10)8-3-5-15-6-4-8/h7-8H,1-6H2,(H,11,12,14). The number of nitrogens with zero attached hydrogens (tertiary/aromatic N) is 2. The third-order valence-electron chi connectivity index (χ3n) is 3.16. The third kappa shape index (κ3) is 1.71. The molecule has 1 aromatic rings. The van der Waals surface area contributed by atoms with Crippen LogP contribution in [0.1, 0.15) is 43.5 Å². The molecule has 0 unspecified atom stereocenters. The van der Waals surface area contributed by atoms with Crippen LogP contribution in [-0.2, 0) is 4.74 Å². The largest absolute Gasteiger partial charge is 0.381 e. The number of nitrogens with one attached hydrogen (secondary N) is 1. The topological polar surface area (TPSA) is 59.9 Å². The predicted molar refractivity (Wildman–Crippen MR) is 53.9 cm³/mol. The fourth-order valence-corrected chi connectivity index (χ4v) is 2.07. The van der Waals surface area contributed by atoms with Crippen LogP contribution < -0.4 is 5.69 Å². The summed E-state index contributed by atoms with van der Waals surface area (Å²) in [5.74, 6) is 1.39. The van der Waals surface area contributed by atoms with Crippen LogP contribution in [0.25, 0.3) is 0 Å². The molecule has 15 heavy (non-hydrogen) atoms. The normalized spacial score (nSPS) is 23.2. The van der Waals surface area contributed by atoms with Gasteiger partial charge in [0.2, 0.25) is 0 Å². The molecule has 1 aliphatic carbocycles. The Morgan fingerprint density at radius 3 is 2.67 bits per heavy atom. The van der Waals surface area contributed by atoms with E-state index in [1.54, 1.807) is 4.68 Å². The van der Waals surface area contributed by atoms with E-state index in [0.717, 1.165) is 31.9 Å². The molecule has 0 spiro atoms. The average Bonchev–Trinajstić information content (AvgIpc) is 3.04. The predicted octanol–water partition coefficient (Wildman–Crippen LogP) is 0.800. The van der Waals surface area contributed by atoms with Gasteiger partial charge in [-0.1, -0.05) is 0 Å². The van der Waals surface area contributed by atoms with E-state index in [4.69, 9.17) is 4.74 Å². The van der Waals surface area contributed by atoms with E-state index < -0.39 is 0 Å². The van der Waals surface area contributed by atoms with Gasteiger partial charge in [-0.3, -0.25) is 4.98 Å². The highest BCUT2D eigenvalue weighted by atomic mass is 16.5. The molecule has 1 N–H and O–H groups in total. The first kappa shape index (κ1) is 9.15. The van der Waals surface area contributed by atoms with E-state index in [9.17, 15) is 4.79 Å². The van der Waals surface area contributed by atoms with E-state index in [1.165, 1.54) is 12.8 Å². The zero-order valence-corrected chi connectivity index (χ0v) is 8.61. The average molecular weight is 209 g/mol. The summed E-state index contributed by atoms with van der Waals surface area (Å²) in [4.78, 5) is 14.5. The highest BCUT2D eigenvalue weighted by molar-refractivity contribution is 5.02. The van der Waals surface area contributed by atoms with E-state index >= 15 is 0 Å². The number of H-pyrrole nitrogens is 1. The lowest BCUT2D eigenvalue weighted by Crippen LogP contribution is -2.28. The highest BCUT2D eigenvalue weighted by Crippen LogP contribution is 2.37. The number of hydrogen-bond acceptors (Lipinski definition) is 3. The second-order valence-corrected chi connectivity index (χ2v) is 4.38. The molecule has 1 aliphatic heterocycles. The highest BCUT2D eigenvalue weighted by Gasteiger charge is 2.29. The maximum atomic E-state index is 11.7. The Labute approximate surface area is 87.4 Å². The molecule has 1 saturated carbocycles.